The number of anilines is 1. The number of hydrogen-bond acceptors (Lipinski definition) is 6. The van der Waals surface area contributed by atoms with E-state index < -0.39 is 0 Å². The molecule has 0 saturated heterocycles. The summed E-state index contributed by atoms with van der Waals surface area (Å²) in [7, 11) is 0. The van der Waals surface area contributed by atoms with Gasteiger partial charge in [0.25, 0.3) is 5.91 Å². The van der Waals surface area contributed by atoms with Crippen molar-refractivity contribution in [2.24, 2.45) is 0 Å². The Morgan fingerprint density at radius 1 is 1.13 bits per heavy atom. The van der Waals surface area contributed by atoms with Gasteiger partial charge in [0.2, 0.25) is 0 Å². The number of ether oxygens (including phenoxy) is 2. The molecule has 3 rings (SSSR count). The van der Waals surface area contributed by atoms with E-state index in [9.17, 15) is 4.79 Å². The molecule has 0 fully saturated rings. The molecule has 0 atom stereocenters. The van der Waals surface area contributed by atoms with Crippen molar-refractivity contribution < 1.29 is 14.3 Å². The lowest BCUT2D eigenvalue weighted by Gasteiger charge is -2.21. The Morgan fingerprint density at radius 3 is 2.47 bits per heavy atom. The molecule has 8 heteroatoms. The summed E-state index contributed by atoms with van der Waals surface area (Å²) in [6.07, 6.45) is 0.218. The van der Waals surface area contributed by atoms with Crippen LogP contribution < -0.4 is 14.4 Å². The molecule has 0 bridgehead atoms. The smallest absolute Gasteiger partial charge is 0.277 e. The zero-order valence-electron chi connectivity index (χ0n) is 16.4. The van der Waals surface area contributed by atoms with Crippen molar-refractivity contribution in [3.05, 3.63) is 69.6 Å². The third-order valence-electron chi connectivity index (χ3n) is 4.10. The van der Waals surface area contributed by atoms with Crippen LogP contribution in [0.1, 0.15) is 28.8 Å². The number of nitrogens with zero attached hydrogens (tertiary/aromatic N) is 3. The van der Waals surface area contributed by atoms with E-state index in [0.29, 0.717) is 33.8 Å². The van der Waals surface area contributed by atoms with Gasteiger partial charge in [0.15, 0.2) is 0 Å². The van der Waals surface area contributed by atoms with Crippen molar-refractivity contribution >= 4 is 34.5 Å². The first-order valence-corrected chi connectivity index (χ1v) is 10.6. The maximum absolute atomic E-state index is 13.1. The first kappa shape index (κ1) is 21.6. The number of benzene rings is 2. The van der Waals surface area contributed by atoms with Crippen molar-refractivity contribution in [2.45, 2.75) is 20.0 Å². The molecule has 0 unspecified atom stereocenters. The highest BCUT2D eigenvalue weighted by Crippen LogP contribution is 2.23. The van der Waals surface area contributed by atoms with Crippen molar-refractivity contribution in [1.29, 1.82) is 5.26 Å². The Labute approximate surface area is 184 Å². The van der Waals surface area contributed by atoms with Crippen molar-refractivity contribution in [1.82, 2.24) is 4.98 Å². The van der Waals surface area contributed by atoms with Gasteiger partial charge in [0.1, 0.15) is 28.8 Å². The first-order chi connectivity index (χ1) is 14.6. The number of carbonyl (C=O) groups is 1. The van der Waals surface area contributed by atoms with Crippen LogP contribution in [0.2, 0.25) is 5.02 Å². The fraction of sp³-hybridized carbons (Fsp3) is 0.227. The molecule has 3 aromatic rings. The minimum Gasteiger partial charge on any atom is -0.494 e. The summed E-state index contributed by atoms with van der Waals surface area (Å²) in [5.41, 5.74) is 1.01. The normalized spacial score (nSPS) is 10.3. The maximum Gasteiger partial charge on any atom is 0.277 e. The van der Waals surface area contributed by atoms with E-state index in [-0.39, 0.29) is 25.5 Å². The molecule has 1 amide bonds. The van der Waals surface area contributed by atoms with Gasteiger partial charge in [-0.05, 0) is 55.5 Å². The SMILES string of the molecule is CCOc1ccc(N(CCC#N)C(=O)c2csc(COc3ccc(Cl)cc3)n2)cc1. The zero-order valence-corrected chi connectivity index (χ0v) is 17.9. The van der Waals surface area contributed by atoms with Crippen LogP contribution in [0.15, 0.2) is 53.9 Å². The summed E-state index contributed by atoms with van der Waals surface area (Å²) in [4.78, 5) is 19.0. The van der Waals surface area contributed by atoms with Crippen LogP contribution in [0.5, 0.6) is 11.5 Å². The lowest BCUT2D eigenvalue weighted by molar-refractivity contribution is 0.0983. The van der Waals surface area contributed by atoms with Gasteiger partial charge in [0, 0.05) is 22.6 Å². The Morgan fingerprint density at radius 2 is 1.80 bits per heavy atom. The average molecular weight is 442 g/mol. The van der Waals surface area contributed by atoms with Gasteiger partial charge in [0.05, 0.1) is 19.1 Å². The second-order valence-electron chi connectivity index (χ2n) is 6.16. The molecule has 154 valence electrons. The molecule has 0 radical (unpaired) electrons. The quantitative estimate of drug-likeness (QED) is 0.448. The number of halogens is 1. The molecule has 1 aromatic heterocycles. The lowest BCUT2D eigenvalue weighted by atomic mass is 10.2. The zero-order chi connectivity index (χ0) is 21.3. The molecule has 0 aliphatic heterocycles. The predicted octanol–water partition coefficient (Wildman–Crippen LogP) is 5.33. The van der Waals surface area contributed by atoms with Crippen molar-refractivity contribution in [3.63, 3.8) is 0 Å². The molecule has 1 heterocycles. The topological polar surface area (TPSA) is 75.5 Å². The number of thiazole rings is 1. The van der Waals surface area contributed by atoms with Crippen LogP contribution in [-0.2, 0) is 6.61 Å². The van der Waals surface area contributed by atoms with Gasteiger partial charge >= 0.3 is 0 Å². The van der Waals surface area contributed by atoms with Crippen molar-refractivity contribution in [2.75, 3.05) is 18.1 Å². The van der Waals surface area contributed by atoms with E-state index >= 15 is 0 Å². The Hall–Kier alpha value is -3.08. The lowest BCUT2D eigenvalue weighted by Crippen LogP contribution is -2.32. The Bertz CT molecular complexity index is 1010. The second kappa shape index (κ2) is 10.6. The highest BCUT2D eigenvalue weighted by Gasteiger charge is 2.20. The van der Waals surface area contributed by atoms with E-state index in [4.69, 9.17) is 26.3 Å². The standard InChI is InChI=1S/C22H20ClN3O3S/c1-2-28-18-10-6-17(7-11-18)26(13-3-12-24)22(27)20-15-30-21(25-20)14-29-19-8-4-16(23)5-9-19/h4-11,15H,2-3,13-14H2,1H3. The minimum atomic E-state index is -0.261. The average Bonchev–Trinajstić information content (AvgIpc) is 3.24. The third-order valence-corrected chi connectivity index (χ3v) is 5.17. The van der Waals surface area contributed by atoms with Crippen LogP contribution in [0.4, 0.5) is 5.69 Å². The van der Waals surface area contributed by atoms with Gasteiger partial charge in [-0.2, -0.15) is 5.26 Å². The minimum absolute atomic E-state index is 0.218. The van der Waals surface area contributed by atoms with Crippen LogP contribution in [-0.4, -0.2) is 24.0 Å². The predicted molar refractivity (Wildman–Crippen MR) is 117 cm³/mol. The number of nitriles is 1. The van der Waals surface area contributed by atoms with Gasteiger partial charge in [-0.1, -0.05) is 11.6 Å². The molecule has 0 aliphatic rings. The number of aromatic nitrogens is 1. The van der Waals surface area contributed by atoms with Crippen LogP contribution in [0.25, 0.3) is 0 Å². The third kappa shape index (κ3) is 5.72. The molecule has 30 heavy (non-hydrogen) atoms. The van der Waals surface area contributed by atoms with Gasteiger partial charge in [-0.3, -0.25) is 4.79 Å². The summed E-state index contributed by atoms with van der Waals surface area (Å²) in [6, 6.07) is 16.3. The molecule has 2 aromatic carbocycles. The first-order valence-electron chi connectivity index (χ1n) is 9.35. The Balaban J connectivity index is 1.71. The molecule has 6 nitrogen and oxygen atoms in total. The van der Waals surface area contributed by atoms with E-state index in [1.807, 2.05) is 6.92 Å². The summed E-state index contributed by atoms with van der Waals surface area (Å²) in [5.74, 6) is 1.14. The monoisotopic (exact) mass is 441 g/mol. The fourth-order valence-corrected chi connectivity index (χ4v) is 3.49. The Kier molecular flexibility index (Phi) is 7.66. The van der Waals surface area contributed by atoms with Crippen LogP contribution in [0.3, 0.4) is 0 Å². The van der Waals surface area contributed by atoms with Gasteiger partial charge in [-0.15, -0.1) is 11.3 Å². The van der Waals surface area contributed by atoms with Gasteiger partial charge < -0.3 is 14.4 Å². The molecular weight excluding hydrogens is 422 g/mol. The summed E-state index contributed by atoms with van der Waals surface area (Å²) in [5, 5.41) is 12.0. The number of carbonyl (C=O) groups excluding carboxylic acids is 1. The van der Waals surface area contributed by atoms with E-state index in [1.54, 1.807) is 58.8 Å². The summed E-state index contributed by atoms with van der Waals surface area (Å²) >= 11 is 7.22. The largest absolute Gasteiger partial charge is 0.494 e. The van der Waals surface area contributed by atoms with E-state index in [1.165, 1.54) is 11.3 Å². The summed E-state index contributed by atoms with van der Waals surface area (Å²) < 4.78 is 11.1. The van der Waals surface area contributed by atoms with E-state index in [2.05, 4.69) is 11.1 Å². The fourth-order valence-electron chi connectivity index (χ4n) is 2.69. The molecule has 0 saturated carbocycles. The highest BCUT2D eigenvalue weighted by atomic mass is 35.5. The number of rotatable bonds is 9. The molecular formula is C22H20ClN3O3S. The van der Waals surface area contributed by atoms with Crippen molar-refractivity contribution in [3.8, 4) is 17.6 Å². The maximum atomic E-state index is 13.1. The van der Waals surface area contributed by atoms with Crippen LogP contribution in [0, 0.1) is 11.3 Å². The molecule has 0 N–H and O–H groups in total. The number of hydrogen-bond donors (Lipinski definition) is 0. The van der Waals surface area contributed by atoms with Crippen LogP contribution >= 0.6 is 22.9 Å². The highest BCUT2D eigenvalue weighted by molar-refractivity contribution is 7.09. The van der Waals surface area contributed by atoms with Gasteiger partial charge in [-0.25, -0.2) is 4.98 Å². The molecule has 0 spiro atoms. The van der Waals surface area contributed by atoms with E-state index in [0.717, 1.165) is 5.75 Å². The summed E-state index contributed by atoms with van der Waals surface area (Å²) in [6.45, 7) is 3.00. The molecule has 0 aliphatic carbocycles. The second-order valence-corrected chi connectivity index (χ2v) is 7.54. The number of amides is 1.